The summed E-state index contributed by atoms with van der Waals surface area (Å²) in [5.41, 5.74) is 1.86. The van der Waals surface area contributed by atoms with Crippen LogP contribution in [0.25, 0.3) is 0 Å². The van der Waals surface area contributed by atoms with Crippen LogP contribution in [0.2, 0.25) is 0 Å². The van der Waals surface area contributed by atoms with Gasteiger partial charge in [0.25, 0.3) is 0 Å². The molecule has 0 aliphatic carbocycles. The van der Waals surface area contributed by atoms with Crippen LogP contribution >= 0.6 is 11.8 Å². The van der Waals surface area contributed by atoms with Gasteiger partial charge < -0.3 is 29.2 Å². The van der Waals surface area contributed by atoms with Crippen LogP contribution in [0.15, 0.2) is 45.6 Å². The third-order valence-electron chi connectivity index (χ3n) is 6.54. The van der Waals surface area contributed by atoms with E-state index in [2.05, 4.69) is 10.2 Å². The topological polar surface area (TPSA) is 102 Å². The first kappa shape index (κ1) is 29.0. The van der Waals surface area contributed by atoms with Crippen LogP contribution in [0.3, 0.4) is 0 Å². The summed E-state index contributed by atoms with van der Waals surface area (Å²) in [5.74, 6) is 0.580. The van der Waals surface area contributed by atoms with Crippen molar-refractivity contribution < 1.29 is 28.5 Å². The molecule has 1 atom stereocenters. The Morgan fingerprint density at radius 1 is 1.15 bits per heavy atom. The monoisotopic (exact) mass is 558 g/mol. The quantitative estimate of drug-likeness (QED) is 0.457. The molecule has 39 heavy (non-hydrogen) atoms. The lowest BCUT2D eigenvalue weighted by molar-refractivity contribution is -0.150. The molecule has 1 fully saturated rings. The van der Waals surface area contributed by atoms with E-state index in [0.717, 1.165) is 44.1 Å². The van der Waals surface area contributed by atoms with E-state index in [9.17, 15) is 9.59 Å². The second-order valence-electron chi connectivity index (χ2n) is 10.5. The smallest absolute Gasteiger partial charge is 0.338 e. The van der Waals surface area contributed by atoms with Crippen molar-refractivity contribution in [2.75, 3.05) is 53.6 Å². The molecular weight excluding hydrogens is 520 g/mol. The van der Waals surface area contributed by atoms with Crippen molar-refractivity contribution >= 4 is 28.8 Å². The minimum atomic E-state index is -0.685. The number of carbonyl (C=O) groups is 2. The van der Waals surface area contributed by atoms with Gasteiger partial charge >= 0.3 is 5.97 Å². The minimum absolute atomic E-state index is 0.0903. The number of nitrogens with zero attached hydrogens (tertiary/aromatic N) is 3. The normalized spacial score (nSPS) is 19.7. The fraction of sp³-hybridized carbons (Fsp3) is 0.536. The summed E-state index contributed by atoms with van der Waals surface area (Å²) in [7, 11) is 3.15. The number of thioether (sulfide) groups is 1. The molecule has 0 spiro atoms. The molecule has 3 aliphatic heterocycles. The number of hydrogen-bond acceptors (Lipinski definition) is 10. The molecule has 10 nitrogen and oxygen atoms in total. The molecule has 1 N–H and O–H groups in total. The van der Waals surface area contributed by atoms with E-state index in [1.54, 1.807) is 14.2 Å². The molecule has 3 aliphatic rings. The van der Waals surface area contributed by atoms with Crippen molar-refractivity contribution in [1.82, 2.24) is 15.1 Å². The van der Waals surface area contributed by atoms with Crippen molar-refractivity contribution in [3.05, 3.63) is 46.1 Å². The largest absolute Gasteiger partial charge is 0.493 e. The first-order valence-corrected chi connectivity index (χ1v) is 14.0. The van der Waals surface area contributed by atoms with Crippen LogP contribution in [0.5, 0.6) is 11.5 Å². The molecule has 1 aromatic rings. The molecule has 1 unspecified atom stereocenters. The third kappa shape index (κ3) is 6.95. The zero-order valence-electron chi connectivity index (χ0n) is 23.5. The number of nitrogens with one attached hydrogen (secondary N) is 1. The fourth-order valence-corrected chi connectivity index (χ4v) is 5.67. The predicted octanol–water partition coefficient (Wildman–Crippen LogP) is 3.46. The summed E-state index contributed by atoms with van der Waals surface area (Å²) in [6, 6.07) is 5.00. The van der Waals surface area contributed by atoms with Crippen LogP contribution in [0.4, 0.5) is 0 Å². The summed E-state index contributed by atoms with van der Waals surface area (Å²) >= 11 is 1.44. The van der Waals surface area contributed by atoms with Gasteiger partial charge in [-0.1, -0.05) is 17.8 Å². The van der Waals surface area contributed by atoms with Gasteiger partial charge in [0.05, 0.1) is 51.2 Å². The number of rotatable bonds is 9. The Morgan fingerprint density at radius 2 is 1.87 bits per heavy atom. The molecule has 11 heteroatoms. The number of morpholine rings is 1. The molecule has 0 aromatic heterocycles. The molecule has 1 amide bonds. The van der Waals surface area contributed by atoms with Crippen molar-refractivity contribution in [1.29, 1.82) is 0 Å². The number of methoxy groups -OCH3 is 2. The molecule has 3 heterocycles. The van der Waals surface area contributed by atoms with E-state index in [4.69, 9.17) is 23.9 Å². The summed E-state index contributed by atoms with van der Waals surface area (Å²) in [4.78, 5) is 35.5. The Hall–Kier alpha value is -3.02. The Balaban J connectivity index is 1.60. The average molecular weight is 559 g/mol. The number of esters is 1. The fourth-order valence-electron chi connectivity index (χ4n) is 4.71. The number of allylic oxidation sites excluding steroid dienone is 1. The van der Waals surface area contributed by atoms with E-state index < -0.39 is 17.6 Å². The van der Waals surface area contributed by atoms with Gasteiger partial charge in [-0.15, -0.1) is 0 Å². The van der Waals surface area contributed by atoms with Gasteiger partial charge in [0.15, 0.2) is 16.7 Å². The zero-order valence-corrected chi connectivity index (χ0v) is 24.4. The molecule has 1 aromatic carbocycles. The second kappa shape index (κ2) is 12.4. The number of hydrogen-bond donors (Lipinski definition) is 1. The third-order valence-corrected chi connectivity index (χ3v) is 7.43. The number of benzene rings is 1. The SMILES string of the molecule is COc1ccc(C2C(C(=O)OC(C)(C)C)=C(C)N=C3SC=C(CC(=O)NCCN4CCOCC4)N32)cc1OC. The summed E-state index contributed by atoms with van der Waals surface area (Å²) < 4.78 is 22.2. The van der Waals surface area contributed by atoms with Crippen molar-refractivity contribution in [3.63, 3.8) is 0 Å². The zero-order chi connectivity index (χ0) is 28.2. The number of carbonyl (C=O) groups excluding carboxylic acids is 2. The Morgan fingerprint density at radius 3 is 2.54 bits per heavy atom. The lowest BCUT2D eigenvalue weighted by Crippen LogP contribution is -2.42. The van der Waals surface area contributed by atoms with Crippen LogP contribution in [0.1, 0.15) is 45.7 Å². The van der Waals surface area contributed by atoms with Gasteiger partial charge in [-0.25, -0.2) is 9.79 Å². The van der Waals surface area contributed by atoms with Crippen LogP contribution in [-0.2, 0) is 19.1 Å². The highest BCUT2D eigenvalue weighted by Crippen LogP contribution is 2.46. The van der Waals surface area contributed by atoms with Crippen LogP contribution < -0.4 is 14.8 Å². The number of amidine groups is 1. The van der Waals surface area contributed by atoms with Gasteiger partial charge in [0.1, 0.15) is 5.60 Å². The molecule has 1 saturated heterocycles. The van der Waals surface area contributed by atoms with E-state index in [1.165, 1.54) is 11.8 Å². The van der Waals surface area contributed by atoms with Gasteiger partial charge in [-0.3, -0.25) is 9.69 Å². The molecule has 0 bridgehead atoms. The van der Waals surface area contributed by atoms with E-state index in [1.807, 2.05) is 56.2 Å². The van der Waals surface area contributed by atoms with Gasteiger partial charge in [-0.05, 0) is 50.8 Å². The first-order valence-electron chi connectivity index (χ1n) is 13.1. The van der Waals surface area contributed by atoms with E-state index in [0.29, 0.717) is 34.5 Å². The lowest BCUT2D eigenvalue weighted by Gasteiger charge is -2.37. The maximum Gasteiger partial charge on any atom is 0.338 e. The molecule has 0 radical (unpaired) electrons. The average Bonchev–Trinajstić information content (AvgIpc) is 3.28. The molecule has 4 rings (SSSR count). The summed E-state index contributed by atoms with van der Waals surface area (Å²) in [6.45, 7) is 11.8. The highest BCUT2D eigenvalue weighted by Gasteiger charge is 2.42. The van der Waals surface area contributed by atoms with E-state index >= 15 is 0 Å². The highest BCUT2D eigenvalue weighted by atomic mass is 32.2. The number of fused-ring (bicyclic) bond motifs is 1. The van der Waals surface area contributed by atoms with Crippen molar-refractivity contribution in [3.8, 4) is 11.5 Å². The highest BCUT2D eigenvalue weighted by molar-refractivity contribution is 8.16. The predicted molar refractivity (Wildman–Crippen MR) is 151 cm³/mol. The van der Waals surface area contributed by atoms with Gasteiger partial charge in [-0.2, -0.15) is 0 Å². The number of ether oxygens (including phenoxy) is 4. The van der Waals surface area contributed by atoms with Gasteiger partial charge in [0, 0.05) is 31.9 Å². The van der Waals surface area contributed by atoms with Gasteiger partial charge in [0.2, 0.25) is 5.91 Å². The van der Waals surface area contributed by atoms with Crippen LogP contribution in [0, 0.1) is 0 Å². The Kier molecular flexibility index (Phi) is 9.24. The lowest BCUT2D eigenvalue weighted by atomic mass is 9.93. The second-order valence-corrected chi connectivity index (χ2v) is 11.3. The first-order chi connectivity index (χ1) is 18.6. The van der Waals surface area contributed by atoms with Crippen molar-refractivity contribution in [2.45, 2.75) is 45.8 Å². The molecule has 212 valence electrons. The maximum atomic E-state index is 13.5. The summed E-state index contributed by atoms with van der Waals surface area (Å²) in [6.07, 6.45) is 0.152. The minimum Gasteiger partial charge on any atom is -0.493 e. The van der Waals surface area contributed by atoms with Crippen LogP contribution in [-0.4, -0.2) is 86.1 Å². The summed E-state index contributed by atoms with van der Waals surface area (Å²) in [5, 5.41) is 5.67. The number of amides is 1. The van der Waals surface area contributed by atoms with Crippen molar-refractivity contribution in [2.24, 2.45) is 4.99 Å². The Labute approximate surface area is 234 Å². The maximum absolute atomic E-state index is 13.5. The standard InChI is InChI=1S/C28H38N4O6S/c1-18-24(26(34)38-28(2,3)4)25(19-7-8-21(35-5)22(15-19)36-6)32-20(17-39-27(32)30-18)16-23(33)29-9-10-31-11-13-37-14-12-31/h7-8,15,17,25H,9-14,16H2,1-6H3,(H,29,33). The molecular formula is C28H38N4O6S. The Bertz CT molecular complexity index is 1180. The molecule has 0 saturated carbocycles. The van der Waals surface area contributed by atoms with E-state index in [-0.39, 0.29) is 12.3 Å². The number of aliphatic imine (C=N–C) groups is 1.